The summed E-state index contributed by atoms with van der Waals surface area (Å²) < 4.78 is 37.3. The molecule has 40 heavy (non-hydrogen) atoms. The predicted molar refractivity (Wildman–Crippen MR) is 147 cm³/mol. The molecule has 2 unspecified atom stereocenters. The second-order valence-corrected chi connectivity index (χ2v) is 12.6. The fraction of sp³-hybridized carbons (Fsp3) is 0.417. The molecule has 16 heteroatoms. The number of nitrogens with zero attached hydrogens (tertiary/aromatic N) is 2. The zero-order valence-corrected chi connectivity index (χ0v) is 24.4. The highest BCUT2D eigenvalue weighted by molar-refractivity contribution is 7.52. The minimum Gasteiger partial charge on any atom is -0.468 e. The number of hydrogen-bond acceptors (Lipinski definition) is 11. The molecule has 1 fully saturated rings. The van der Waals surface area contributed by atoms with Crippen LogP contribution in [0.15, 0.2) is 46.1 Å². The Bertz CT molecular complexity index is 1530. The highest BCUT2D eigenvalue weighted by atomic mass is 35.5. The number of aromatic amines is 1. The molecule has 1 aliphatic heterocycles. The number of carbonyl (C=O) groups is 1. The van der Waals surface area contributed by atoms with Crippen molar-refractivity contribution in [1.29, 1.82) is 0 Å². The molecule has 4 rings (SSSR count). The third-order valence-corrected chi connectivity index (χ3v) is 8.98. The molecule has 0 aliphatic carbocycles. The normalized spacial score (nSPS) is 22.9. The largest absolute Gasteiger partial charge is 0.468 e. The second kappa shape index (κ2) is 12.4. The number of ether oxygens (including phenoxy) is 2. The number of aromatic nitrogens is 3. The topological polar surface area (TPSA) is 171 Å². The van der Waals surface area contributed by atoms with Gasteiger partial charge in [-0.3, -0.25) is 23.7 Å². The van der Waals surface area contributed by atoms with E-state index in [4.69, 9.17) is 30.1 Å². The minimum atomic E-state index is -4.26. The van der Waals surface area contributed by atoms with Gasteiger partial charge < -0.3 is 19.1 Å². The summed E-state index contributed by atoms with van der Waals surface area (Å²) in [6.07, 6.45) is -1.82. The van der Waals surface area contributed by atoms with E-state index in [0.717, 1.165) is 15.6 Å². The monoisotopic (exact) mass is 614 g/mol. The fourth-order valence-electron chi connectivity index (χ4n) is 4.10. The van der Waals surface area contributed by atoms with Crippen molar-refractivity contribution in [3.8, 4) is 17.0 Å². The number of hydrogen-bond donors (Lipinski definition) is 3. The maximum Gasteiger partial charge on any atom is 0.459 e. The van der Waals surface area contributed by atoms with Crippen molar-refractivity contribution < 1.29 is 33.0 Å². The zero-order valence-electron chi connectivity index (χ0n) is 21.9. The van der Waals surface area contributed by atoms with Crippen LogP contribution in [0, 0.1) is 12.8 Å². The predicted octanol–water partition coefficient (Wildman–Crippen LogP) is 2.87. The van der Waals surface area contributed by atoms with Crippen LogP contribution in [-0.2, 0) is 23.4 Å². The number of thiazole rings is 1. The standard InChI is InChI=1S/C24H28ClN4O9PS/c1-12-20(31)17(37-22(12)29-10-9-18(30)27-24(29)33)11-36-39(34,28-13(2)23(32)35-4)38-16-7-5-15(6-8-16)19-21(25)40-14(3)26-19/h5-10,12-13,17,20,22,31H,11H2,1-4H3,(H,28,34)(H,27,30,33)/t12-,13-,17?,20-,22+,39?/m0/s1. The molecular weight excluding hydrogens is 587 g/mol. The van der Waals surface area contributed by atoms with Gasteiger partial charge in [-0.05, 0) is 38.1 Å². The lowest BCUT2D eigenvalue weighted by Gasteiger charge is -2.24. The zero-order chi connectivity index (χ0) is 29.2. The molecular formula is C24H28ClN4O9PS. The molecule has 0 spiro atoms. The number of aliphatic hydroxyl groups is 1. The van der Waals surface area contributed by atoms with Crippen molar-refractivity contribution in [2.45, 2.75) is 45.2 Å². The average Bonchev–Trinajstić information content (AvgIpc) is 3.39. The summed E-state index contributed by atoms with van der Waals surface area (Å²) in [5.41, 5.74) is 0.0332. The summed E-state index contributed by atoms with van der Waals surface area (Å²) in [6.45, 7) is 4.48. The molecule has 1 aliphatic rings. The first-order chi connectivity index (χ1) is 18.9. The van der Waals surface area contributed by atoms with E-state index < -0.39 is 62.0 Å². The molecule has 3 heterocycles. The smallest absolute Gasteiger partial charge is 0.459 e. The van der Waals surface area contributed by atoms with Crippen LogP contribution >= 0.6 is 30.7 Å². The number of rotatable bonds is 10. The van der Waals surface area contributed by atoms with E-state index >= 15 is 0 Å². The fourth-order valence-corrected chi connectivity index (χ4v) is 6.74. The van der Waals surface area contributed by atoms with Gasteiger partial charge in [0.25, 0.3) is 5.56 Å². The average molecular weight is 615 g/mol. The van der Waals surface area contributed by atoms with Gasteiger partial charge in [0.15, 0.2) is 0 Å². The summed E-state index contributed by atoms with van der Waals surface area (Å²) in [6, 6.07) is 6.53. The van der Waals surface area contributed by atoms with Gasteiger partial charge in [-0.1, -0.05) is 18.5 Å². The molecule has 0 radical (unpaired) electrons. The number of esters is 1. The number of methoxy groups -OCH3 is 1. The lowest BCUT2D eigenvalue weighted by molar-refractivity contribution is -0.142. The highest BCUT2D eigenvalue weighted by Gasteiger charge is 2.44. The lowest BCUT2D eigenvalue weighted by atomic mass is 10.0. The van der Waals surface area contributed by atoms with Crippen LogP contribution in [0.4, 0.5) is 0 Å². The molecule has 3 N–H and O–H groups in total. The Hall–Kier alpha value is -2.84. The van der Waals surface area contributed by atoms with Gasteiger partial charge >= 0.3 is 19.4 Å². The van der Waals surface area contributed by atoms with E-state index in [1.54, 1.807) is 31.2 Å². The Morgan fingerprint density at radius 1 is 1.32 bits per heavy atom. The van der Waals surface area contributed by atoms with Crippen molar-refractivity contribution in [3.63, 3.8) is 0 Å². The van der Waals surface area contributed by atoms with E-state index in [-0.39, 0.29) is 5.75 Å². The van der Waals surface area contributed by atoms with Gasteiger partial charge in [-0.25, -0.2) is 14.3 Å². The van der Waals surface area contributed by atoms with Crippen LogP contribution in [-0.4, -0.2) is 57.6 Å². The van der Waals surface area contributed by atoms with Crippen molar-refractivity contribution in [2.24, 2.45) is 5.92 Å². The molecule has 3 aromatic rings. The Labute approximate surface area is 237 Å². The van der Waals surface area contributed by atoms with Crippen molar-refractivity contribution in [1.82, 2.24) is 19.6 Å². The third-order valence-electron chi connectivity index (χ3n) is 6.17. The maximum atomic E-state index is 13.8. The van der Waals surface area contributed by atoms with Gasteiger partial charge in [0.05, 0.1) is 24.8 Å². The number of halogens is 1. The summed E-state index contributed by atoms with van der Waals surface area (Å²) >= 11 is 7.60. The van der Waals surface area contributed by atoms with Crippen LogP contribution in [0.2, 0.25) is 4.34 Å². The van der Waals surface area contributed by atoms with Gasteiger partial charge in [-0.15, -0.1) is 11.3 Å². The van der Waals surface area contributed by atoms with E-state index in [1.807, 2.05) is 6.92 Å². The van der Waals surface area contributed by atoms with Gasteiger partial charge in [0, 0.05) is 23.7 Å². The van der Waals surface area contributed by atoms with Gasteiger partial charge in [0.1, 0.15) is 34.2 Å². The molecule has 0 amide bonds. The van der Waals surface area contributed by atoms with E-state index in [0.29, 0.717) is 15.6 Å². The molecule has 0 bridgehead atoms. The second-order valence-electron chi connectivity index (χ2n) is 9.07. The van der Waals surface area contributed by atoms with E-state index in [9.17, 15) is 24.1 Å². The highest BCUT2D eigenvalue weighted by Crippen LogP contribution is 2.47. The number of carbonyl (C=O) groups excluding carboxylic acids is 1. The summed E-state index contributed by atoms with van der Waals surface area (Å²) in [7, 11) is -3.08. The Morgan fingerprint density at radius 3 is 2.62 bits per heavy atom. The van der Waals surface area contributed by atoms with E-state index in [1.165, 1.54) is 31.6 Å². The Balaban J connectivity index is 1.52. The first kappa shape index (κ1) is 30.1. The molecule has 1 saturated heterocycles. The summed E-state index contributed by atoms with van der Waals surface area (Å²) in [5.74, 6) is -1.15. The molecule has 6 atom stereocenters. The summed E-state index contributed by atoms with van der Waals surface area (Å²) in [5, 5.41) is 14.1. The molecule has 216 valence electrons. The van der Waals surface area contributed by atoms with Crippen LogP contribution in [0.1, 0.15) is 25.1 Å². The maximum absolute atomic E-state index is 13.8. The molecule has 0 saturated carbocycles. The van der Waals surface area contributed by atoms with Crippen LogP contribution < -0.4 is 20.9 Å². The Morgan fingerprint density at radius 2 is 2.02 bits per heavy atom. The first-order valence-corrected chi connectivity index (χ1v) is 14.8. The van der Waals surface area contributed by atoms with Crippen molar-refractivity contribution >= 4 is 36.7 Å². The van der Waals surface area contributed by atoms with Crippen molar-refractivity contribution in [3.05, 3.63) is 66.7 Å². The summed E-state index contributed by atoms with van der Waals surface area (Å²) in [4.78, 5) is 42.2. The quantitative estimate of drug-likeness (QED) is 0.226. The first-order valence-electron chi connectivity index (χ1n) is 12.1. The van der Waals surface area contributed by atoms with Crippen LogP contribution in [0.5, 0.6) is 5.75 Å². The number of benzene rings is 1. The molecule has 2 aromatic heterocycles. The van der Waals surface area contributed by atoms with Crippen molar-refractivity contribution in [2.75, 3.05) is 13.7 Å². The minimum absolute atomic E-state index is 0.152. The van der Waals surface area contributed by atoms with Crippen LogP contribution in [0.25, 0.3) is 11.3 Å². The molecule has 1 aromatic carbocycles. The van der Waals surface area contributed by atoms with Gasteiger partial charge in [-0.2, -0.15) is 5.09 Å². The number of aryl methyl sites for hydroxylation is 1. The number of nitrogens with one attached hydrogen (secondary N) is 2. The molecule has 13 nitrogen and oxygen atoms in total. The SMILES string of the molecule is COC(=O)[C@H](C)NP(=O)(OCC1O[C@@H](n2ccc(=O)[nH]c2=O)[C@@H](C)[C@@H]1O)Oc1ccc(-c2nc(C)sc2Cl)cc1. The Kier molecular flexibility index (Phi) is 9.30. The number of aliphatic hydroxyl groups excluding tert-OH is 1. The lowest BCUT2D eigenvalue weighted by Crippen LogP contribution is -2.36. The van der Waals surface area contributed by atoms with Gasteiger partial charge in [0.2, 0.25) is 0 Å². The number of H-pyrrole nitrogens is 1. The van der Waals surface area contributed by atoms with E-state index in [2.05, 4.69) is 15.1 Å². The van der Waals surface area contributed by atoms with Crippen LogP contribution in [0.3, 0.4) is 0 Å². The third kappa shape index (κ3) is 6.72.